The molecule has 0 saturated heterocycles. The number of amides is 2. The molecule has 17 heavy (non-hydrogen) atoms. The van der Waals surface area contributed by atoms with Gasteiger partial charge in [-0.1, -0.05) is 0 Å². The zero-order chi connectivity index (χ0) is 13.3. The second-order valence-electron chi connectivity index (χ2n) is 2.99. The SMILES string of the molecule is NC(=O)NS(=O)(=O)c1ccc(C(F)(F)F)cc1. The monoisotopic (exact) mass is 268 g/mol. The molecule has 0 heterocycles. The molecular weight excluding hydrogens is 261 g/mol. The van der Waals surface area contributed by atoms with Crippen LogP contribution in [0.1, 0.15) is 5.56 Å². The molecule has 1 rings (SSSR count). The van der Waals surface area contributed by atoms with Gasteiger partial charge in [0, 0.05) is 0 Å². The van der Waals surface area contributed by atoms with Crippen molar-refractivity contribution in [2.75, 3.05) is 0 Å². The Bertz CT molecular complexity index is 522. The van der Waals surface area contributed by atoms with Crippen LogP contribution in [0.15, 0.2) is 29.2 Å². The van der Waals surface area contributed by atoms with Gasteiger partial charge in [0.2, 0.25) is 0 Å². The standard InChI is InChI=1S/C8H7F3N2O3S/c9-8(10,11)5-1-3-6(4-2-5)17(15,16)13-7(12)14/h1-4H,(H3,12,13,14). The highest BCUT2D eigenvalue weighted by Gasteiger charge is 2.30. The van der Waals surface area contributed by atoms with E-state index in [-0.39, 0.29) is 0 Å². The highest BCUT2D eigenvalue weighted by molar-refractivity contribution is 7.90. The molecule has 0 saturated carbocycles. The number of sulfonamides is 1. The molecule has 0 unspecified atom stereocenters. The molecule has 0 spiro atoms. The van der Waals surface area contributed by atoms with E-state index in [4.69, 9.17) is 0 Å². The number of carbonyl (C=O) groups is 1. The number of hydrogen-bond acceptors (Lipinski definition) is 3. The van der Waals surface area contributed by atoms with Crippen LogP contribution in [0.2, 0.25) is 0 Å². The van der Waals surface area contributed by atoms with E-state index in [9.17, 15) is 26.4 Å². The van der Waals surface area contributed by atoms with Crippen molar-refractivity contribution in [2.24, 2.45) is 5.73 Å². The highest BCUT2D eigenvalue weighted by Crippen LogP contribution is 2.29. The van der Waals surface area contributed by atoms with Crippen molar-refractivity contribution in [3.8, 4) is 0 Å². The Morgan fingerprint density at radius 2 is 1.65 bits per heavy atom. The molecule has 0 aliphatic rings. The van der Waals surface area contributed by atoms with Gasteiger partial charge in [0.05, 0.1) is 10.5 Å². The average Bonchev–Trinajstić information content (AvgIpc) is 2.14. The van der Waals surface area contributed by atoms with E-state index in [1.54, 1.807) is 0 Å². The topological polar surface area (TPSA) is 89.3 Å². The summed E-state index contributed by atoms with van der Waals surface area (Å²) in [7, 11) is -4.21. The quantitative estimate of drug-likeness (QED) is 0.840. The largest absolute Gasteiger partial charge is 0.416 e. The number of carbonyl (C=O) groups excluding carboxylic acids is 1. The molecule has 0 aliphatic heterocycles. The lowest BCUT2D eigenvalue weighted by molar-refractivity contribution is -0.137. The van der Waals surface area contributed by atoms with E-state index in [1.165, 1.54) is 4.72 Å². The van der Waals surface area contributed by atoms with E-state index in [0.717, 1.165) is 12.1 Å². The number of rotatable bonds is 2. The predicted molar refractivity (Wildman–Crippen MR) is 51.3 cm³/mol. The first-order valence-corrected chi connectivity index (χ1v) is 5.61. The second kappa shape index (κ2) is 4.24. The molecule has 2 amide bonds. The molecule has 5 nitrogen and oxygen atoms in total. The number of alkyl halides is 3. The van der Waals surface area contributed by atoms with Gasteiger partial charge in [0.25, 0.3) is 10.0 Å². The number of primary amides is 1. The van der Waals surface area contributed by atoms with Gasteiger partial charge in [-0.15, -0.1) is 0 Å². The van der Waals surface area contributed by atoms with Crippen molar-refractivity contribution in [3.05, 3.63) is 29.8 Å². The zero-order valence-electron chi connectivity index (χ0n) is 8.15. The molecule has 3 N–H and O–H groups in total. The van der Waals surface area contributed by atoms with Crippen LogP contribution in [0.25, 0.3) is 0 Å². The number of urea groups is 1. The number of halogens is 3. The Kier molecular flexibility index (Phi) is 3.32. The van der Waals surface area contributed by atoms with Gasteiger partial charge in [-0.05, 0) is 24.3 Å². The molecule has 0 aromatic heterocycles. The lowest BCUT2D eigenvalue weighted by atomic mass is 10.2. The van der Waals surface area contributed by atoms with E-state index < -0.39 is 32.7 Å². The van der Waals surface area contributed by atoms with Crippen molar-refractivity contribution in [1.29, 1.82) is 0 Å². The van der Waals surface area contributed by atoms with Crippen molar-refractivity contribution >= 4 is 16.1 Å². The van der Waals surface area contributed by atoms with Gasteiger partial charge >= 0.3 is 12.2 Å². The summed E-state index contributed by atoms with van der Waals surface area (Å²) >= 11 is 0. The maximum Gasteiger partial charge on any atom is 0.416 e. The normalized spacial score (nSPS) is 12.2. The van der Waals surface area contributed by atoms with E-state index >= 15 is 0 Å². The third kappa shape index (κ3) is 3.34. The molecule has 1 aromatic carbocycles. The van der Waals surface area contributed by atoms with Gasteiger partial charge in [-0.3, -0.25) is 0 Å². The Hall–Kier alpha value is -1.77. The Morgan fingerprint density at radius 1 is 1.18 bits per heavy atom. The van der Waals surface area contributed by atoms with Crippen LogP contribution >= 0.6 is 0 Å². The maximum absolute atomic E-state index is 12.2. The summed E-state index contributed by atoms with van der Waals surface area (Å²) in [5, 5.41) is 0. The van der Waals surface area contributed by atoms with Gasteiger partial charge < -0.3 is 5.73 Å². The predicted octanol–water partition coefficient (Wildman–Crippen LogP) is 1.06. The molecule has 94 valence electrons. The smallest absolute Gasteiger partial charge is 0.351 e. The molecule has 0 aliphatic carbocycles. The van der Waals surface area contributed by atoms with Gasteiger partial charge in [-0.25, -0.2) is 17.9 Å². The number of benzene rings is 1. The minimum Gasteiger partial charge on any atom is -0.351 e. The molecule has 9 heteroatoms. The van der Waals surface area contributed by atoms with Crippen LogP contribution in [0.5, 0.6) is 0 Å². The summed E-state index contributed by atoms with van der Waals surface area (Å²) in [6, 6.07) is 1.33. The summed E-state index contributed by atoms with van der Waals surface area (Å²) in [6.07, 6.45) is -4.56. The van der Waals surface area contributed by atoms with E-state index in [0.29, 0.717) is 12.1 Å². The fourth-order valence-electron chi connectivity index (χ4n) is 1.01. The first-order chi connectivity index (χ1) is 7.63. The van der Waals surface area contributed by atoms with Gasteiger partial charge in [-0.2, -0.15) is 13.2 Å². The van der Waals surface area contributed by atoms with Crippen molar-refractivity contribution in [3.63, 3.8) is 0 Å². The van der Waals surface area contributed by atoms with Gasteiger partial charge in [0.15, 0.2) is 0 Å². The molecule has 0 fully saturated rings. The van der Waals surface area contributed by atoms with Crippen LogP contribution in [0.4, 0.5) is 18.0 Å². The van der Waals surface area contributed by atoms with Crippen LogP contribution in [0.3, 0.4) is 0 Å². The van der Waals surface area contributed by atoms with Crippen molar-refractivity contribution in [2.45, 2.75) is 11.1 Å². The Labute approximate surface area is 94.5 Å². The number of hydrogen-bond donors (Lipinski definition) is 2. The minimum absolute atomic E-state index is 0.482. The molecule has 0 bridgehead atoms. The lowest BCUT2D eigenvalue weighted by Gasteiger charge is -2.08. The van der Waals surface area contributed by atoms with Crippen LogP contribution in [-0.4, -0.2) is 14.4 Å². The Morgan fingerprint density at radius 3 is 2.00 bits per heavy atom. The molecule has 1 aromatic rings. The molecule has 0 atom stereocenters. The van der Waals surface area contributed by atoms with Crippen LogP contribution < -0.4 is 10.5 Å². The first-order valence-electron chi connectivity index (χ1n) is 4.12. The molecular formula is C8H7F3N2O3S. The fraction of sp³-hybridized carbons (Fsp3) is 0.125. The van der Waals surface area contributed by atoms with E-state index in [2.05, 4.69) is 5.73 Å². The minimum atomic E-state index is -4.56. The van der Waals surface area contributed by atoms with Crippen molar-refractivity contribution < 1.29 is 26.4 Å². The molecule has 0 radical (unpaired) electrons. The third-order valence-electron chi connectivity index (χ3n) is 1.73. The highest BCUT2D eigenvalue weighted by atomic mass is 32.2. The van der Waals surface area contributed by atoms with Crippen molar-refractivity contribution in [1.82, 2.24) is 4.72 Å². The van der Waals surface area contributed by atoms with Gasteiger partial charge in [0.1, 0.15) is 0 Å². The Balaban J connectivity index is 3.08. The fourth-order valence-corrected chi connectivity index (χ4v) is 1.89. The average molecular weight is 268 g/mol. The summed E-state index contributed by atoms with van der Waals surface area (Å²) in [4.78, 5) is 9.88. The van der Waals surface area contributed by atoms with Crippen LogP contribution in [0, 0.1) is 0 Å². The van der Waals surface area contributed by atoms with E-state index in [1.807, 2.05) is 0 Å². The third-order valence-corrected chi connectivity index (χ3v) is 3.09. The summed E-state index contributed by atoms with van der Waals surface area (Å²) in [5.41, 5.74) is 3.62. The zero-order valence-corrected chi connectivity index (χ0v) is 8.97. The second-order valence-corrected chi connectivity index (χ2v) is 4.67. The summed E-state index contributed by atoms with van der Waals surface area (Å²) < 4.78 is 60.6. The summed E-state index contributed by atoms with van der Waals surface area (Å²) in [6.45, 7) is 0. The van der Waals surface area contributed by atoms with Crippen LogP contribution in [-0.2, 0) is 16.2 Å². The first kappa shape index (κ1) is 13.3. The maximum atomic E-state index is 12.2. The number of nitrogens with one attached hydrogen (secondary N) is 1. The summed E-state index contributed by atoms with van der Waals surface area (Å²) in [5.74, 6) is 0. The number of nitrogens with two attached hydrogens (primary N) is 1. The lowest BCUT2D eigenvalue weighted by Crippen LogP contribution is -2.34.